The van der Waals surface area contributed by atoms with Crippen LogP contribution in [-0.4, -0.2) is 115 Å². The number of benzene rings is 1. The number of ether oxygens (including phenoxy) is 6. The van der Waals surface area contributed by atoms with Crippen molar-refractivity contribution in [2.75, 3.05) is 27.9 Å². The molecule has 214 valence electrons. The first-order valence-corrected chi connectivity index (χ1v) is 12.1. The lowest BCUT2D eigenvalue weighted by Gasteiger charge is -2.45. The highest BCUT2D eigenvalue weighted by molar-refractivity contribution is 5.87. The van der Waals surface area contributed by atoms with Gasteiger partial charge in [-0.25, -0.2) is 4.79 Å². The molecule has 1 aliphatic heterocycles. The first kappa shape index (κ1) is 30.5. The van der Waals surface area contributed by atoms with Gasteiger partial charge in [0.2, 0.25) is 0 Å². The van der Waals surface area contributed by atoms with Gasteiger partial charge >= 0.3 is 5.97 Å². The van der Waals surface area contributed by atoms with Crippen LogP contribution >= 0.6 is 0 Å². The Morgan fingerprint density at radius 3 is 2.51 bits per heavy atom. The maximum absolute atomic E-state index is 12.7. The number of esters is 1. The molecule has 3 rings (SSSR count). The predicted molar refractivity (Wildman–Crippen MR) is 132 cm³/mol. The molecule has 1 aromatic carbocycles. The Balaban J connectivity index is 1.84. The molecule has 1 saturated heterocycles. The first-order valence-electron chi connectivity index (χ1n) is 12.1. The molecule has 39 heavy (non-hydrogen) atoms. The van der Waals surface area contributed by atoms with Crippen molar-refractivity contribution in [1.29, 1.82) is 5.26 Å². The minimum absolute atomic E-state index is 0.0858. The van der Waals surface area contributed by atoms with Gasteiger partial charge in [0.1, 0.15) is 30.5 Å². The van der Waals surface area contributed by atoms with Gasteiger partial charge in [-0.2, -0.15) is 5.26 Å². The molecule has 1 aliphatic carbocycles. The number of nitriles is 1. The first-order chi connectivity index (χ1) is 18.7. The quantitative estimate of drug-likeness (QED) is 0.148. The molecule has 5 N–H and O–H groups in total. The summed E-state index contributed by atoms with van der Waals surface area (Å²) in [6.45, 7) is -0.679. The SMILES string of the molecule is COc1cc(/C=C\C(=O)O[C@H]2[C@H](OC3CC(OC)C(OC)C(O)/C3=C\C#N)O[C@H](CO)[C@@H](O)[C@@H]2O)ccc1O. The van der Waals surface area contributed by atoms with Crippen LogP contribution in [0.4, 0.5) is 0 Å². The van der Waals surface area contributed by atoms with E-state index in [0.717, 1.165) is 12.2 Å². The van der Waals surface area contributed by atoms with Crippen molar-refractivity contribution in [2.24, 2.45) is 0 Å². The largest absolute Gasteiger partial charge is 0.504 e. The second kappa shape index (κ2) is 13.8. The van der Waals surface area contributed by atoms with Crippen LogP contribution in [0.1, 0.15) is 12.0 Å². The zero-order chi connectivity index (χ0) is 28.7. The van der Waals surface area contributed by atoms with Crippen LogP contribution < -0.4 is 4.74 Å². The Morgan fingerprint density at radius 1 is 1.15 bits per heavy atom. The maximum Gasteiger partial charge on any atom is 0.331 e. The molecule has 0 spiro atoms. The van der Waals surface area contributed by atoms with Crippen LogP contribution in [0.15, 0.2) is 35.9 Å². The average molecular weight is 552 g/mol. The van der Waals surface area contributed by atoms with Gasteiger partial charge in [0.05, 0.1) is 32.0 Å². The highest BCUT2D eigenvalue weighted by atomic mass is 16.7. The number of nitrogens with zero attached hydrogens (tertiary/aromatic N) is 1. The second-order valence-electron chi connectivity index (χ2n) is 8.93. The third-order valence-corrected chi connectivity index (χ3v) is 6.63. The van der Waals surface area contributed by atoms with Crippen molar-refractivity contribution in [1.82, 2.24) is 0 Å². The van der Waals surface area contributed by atoms with E-state index in [1.807, 2.05) is 6.07 Å². The van der Waals surface area contributed by atoms with E-state index < -0.39 is 67.7 Å². The Bertz CT molecular complexity index is 1090. The number of aromatic hydroxyl groups is 1. The van der Waals surface area contributed by atoms with E-state index in [0.29, 0.717) is 5.56 Å². The summed E-state index contributed by atoms with van der Waals surface area (Å²) in [6, 6.07) is 6.24. The highest BCUT2D eigenvalue weighted by Crippen LogP contribution is 2.34. The van der Waals surface area contributed by atoms with Crippen LogP contribution in [0.2, 0.25) is 0 Å². The molecular weight excluding hydrogens is 518 g/mol. The summed E-state index contributed by atoms with van der Waals surface area (Å²) in [6.07, 6.45) is -7.77. The molecule has 0 aromatic heterocycles. The molecular formula is C26H33NO12. The summed E-state index contributed by atoms with van der Waals surface area (Å²) >= 11 is 0. The molecule has 1 aromatic rings. The van der Waals surface area contributed by atoms with Crippen molar-refractivity contribution in [3.63, 3.8) is 0 Å². The predicted octanol–water partition coefficient (Wildman–Crippen LogP) is -0.605. The van der Waals surface area contributed by atoms with E-state index in [4.69, 9.17) is 28.4 Å². The summed E-state index contributed by atoms with van der Waals surface area (Å²) in [7, 11) is 4.18. The molecule has 0 amide bonds. The zero-order valence-electron chi connectivity index (χ0n) is 21.6. The second-order valence-corrected chi connectivity index (χ2v) is 8.93. The van der Waals surface area contributed by atoms with Gasteiger partial charge in [-0.3, -0.25) is 0 Å². The fourth-order valence-corrected chi connectivity index (χ4v) is 4.55. The molecule has 0 bridgehead atoms. The van der Waals surface area contributed by atoms with E-state index in [2.05, 4.69) is 0 Å². The third kappa shape index (κ3) is 6.93. The number of allylic oxidation sites excluding steroid dienone is 1. The van der Waals surface area contributed by atoms with E-state index in [1.165, 1.54) is 45.6 Å². The number of phenolic OH excluding ortho intramolecular Hbond substituents is 1. The van der Waals surface area contributed by atoms with Crippen molar-refractivity contribution in [3.8, 4) is 17.6 Å². The Kier molecular flexibility index (Phi) is 10.8. The summed E-state index contributed by atoms with van der Waals surface area (Å²) in [5.74, 6) is -0.824. The van der Waals surface area contributed by atoms with Gasteiger partial charge in [-0.1, -0.05) is 6.07 Å². The smallest absolute Gasteiger partial charge is 0.331 e. The van der Waals surface area contributed by atoms with Crippen LogP contribution in [0.25, 0.3) is 6.08 Å². The van der Waals surface area contributed by atoms with Gasteiger partial charge in [0.15, 0.2) is 23.9 Å². The van der Waals surface area contributed by atoms with Crippen molar-refractivity contribution >= 4 is 12.0 Å². The van der Waals surface area contributed by atoms with E-state index in [9.17, 15) is 35.6 Å². The molecule has 13 nitrogen and oxygen atoms in total. The zero-order valence-corrected chi connectivity index (χ0v) is 21.6. The lowest BCUT2D eigenvalue weighted by Crippen LogP contribution is -2.61. The Hall–Kier alpha value is -3.06. The molecule has 1 saturated carbocycles. The highest BCUT2D eigenvalue weighted by Gasteiger charge is 2.50. The van der Waals surface area contributed by atoms with Crippen molar-refractivity contribution < 1.29 is 58.7 Å². The van der Waals surface area contributed by atoms with Gasteiger partial charge in [0, 0.05) is 38.4 Å². The molecule has 2 fully saturated rings. The van der Waals surface area contributed by atoms with Crippen LogP contribution in [0.3, 0.4) is 0 Å². The Morgan fingerprint density at radius 2 is 1.90 bits per heavy atom. The van der Waals surface area contributed by atoms with E-state index in [1.54, 1.807) is 0 Å². The number of aliphatic hydroxyl groups is 4. The number of phenols is 1. The van der Waals surface area contributed by atoms with Crippen molar-refractivity contribution in [2.45, 2.75) is 61.5 Å². The summed E-state index contributed by atoms with van der Waals surface area (Å²) in [4.78, 5) is 12.7. The number of aliphatic hydroxyl groups excluding tert-OH is 4. The fourth-order valence-electron chi connectivity index (χ4n) is 4.55. The fraction of sp³-hybridized carbons (Fsp3) is 0.538. The van der Waals surface area contributed by atoms with Gasteiger partial charge < -0.3 is 54.0 Å². The minimum Gasteiger partial charge on any atom is -0.504 e. The number of hydrogen-bond acceptors (Lipinski definition) is 13. The normalized spacial score (nSPS) is 34.1. The molecule has 13 heteroatoms. The van der Waals surface area contributed by atoms with Gasteiger partial charge in [-0.15, -0.1) is 0 Å². The molecule has 9 atom stereocenters. The summed E-state index contributed by atoms with van der Waals surface area (Å²) in [5, 5.41) is 60.6. The van der Waals surface area contributed by atoms with Crippen LogP contribution in [0.5, 0.6) is 11.5 Å². The third-order valence-electron chi connectivity index (χ3n) is 6.63. The summed E-state index contributed by atoms with van der Waals surface area (Å²) < 4.78 is 32.8. The number of hydrogen-bond donors (Lipinski definition) is 5. The Labute approximate surface area is 225 Å². The molecule has 1 heterocycles. The van der Waals surface area contributed by atoms with E-state index >= 15 is 0 Å². The van der Waals surface area contributed by atoms with Gasteiger partial charge in [0.25, 0.3) is 0 Å². The molecule has 0 radical (unpaired) electrons. The number of carbonyl (C=O) groups is 1. The van der Waals surface area contributed by atoms with Crippen LogP contribution in [-0.2, 0) is 28.5 Å². The monoisotopic (exact) mass is 551 g/mol. The standard InChI is InChI=1S/C26H33NO12/c1-34-17-10-13(4-6-15(17)29)5-7-20(30)39-25-23(33)22(32)19(12-28)38-26(25)37-16-11-18(35-2)24(36-3)21(31)14(16)8-9-27/h4-8,10,16,18-19,21-26,28-29,31-33H,11-12H2,1-3H3/b7-5-,14-8-/t16?,18?,19-,21?,22-,23+,24?,25-,26-/m1/s1. The lowest BCUT2D eigenvalue weighted by molar-refractivity contribution is -0.314. The average Bonchev–Trinajstić information content (AvgIpc) is 2.93. The van der Waals surface area contributed by atoms with Crippen LogP contribution in [0, 0.1) is 11.3 Å². The maximum atomic E-state index is 12.7. The lowest BCUT2D eigenvalue weighted by atomic mass is 9.84. The van der Waals surface area contributed by atoms with Crippen molar-refractivity contribution in [3.05, 3.63) is 41.5 Å². The van der Waals surface area contributed by atoms with E-state index in [-0.39, 0.29) is 23.5 Å². The number of methoxy groups -OCH3 is 3. The van der Waals surface area contributed by atoms with Gasteiger partial charge in [-0.05, 0) is 23.8 Å². The minimum atomic E-state index is -1.71. The molecule has 4 unspecified atom stereocenters. The topological polar surface area (TPSA) is 197 Å². The number of rotatable bonds is 9. The molecule has 2 aliphatic rings. The number of carbonyl (C=O) groups excluding carboxylic acids is 1. The summed E-state index contributed by atoms with van der Waals surface area (Å²) in [5.41, 5.74) is 0.643.